The number of nitrogens with one attached hydrogen (secondary N) is 1. The summed E-state index contributed by atoms with van der Waals surface area (Å²) in [5, 5.41) is 2.67. The highest BCUT2D eigenvalue weighted by Crippen LogP contribution is 2.32. The van der Waals surface area contributed by atoms with Gasteiger partial charge in [0.25, 0.3) is 0 Å². The quantitative estimate of drug-likeness (QED) is 0.632. The number of halogens is 1. The van der Waals surface area contributed by atoms with Gasteiger partial charge < -0.3 is 14.8 Å². The van der Waals surface area contributed by atoms with E-state index in [9.17, 15) is 14.4 Å². The van der Waals surface area contributed by atoms with E-state index in [1.165, 1.54) is 6.92 Å². The maximum Gasteiger partial charge on any atom is 0.316 e. The van der Waals surface area contributed by atoms with Gasteiger partial charge >= 0.3 is 11.9 Å². The number of esters is 2. The van der Waals surface area contributed by atoms with Gasteiger partial charge in [0.15, 0.2) is 11.5 Å². The zero-order valence-corrected chi connectivity index (χ0v) is 17.2. The smallest absolute Gasteiger partial charge is 0.316 e. The molecule has 0 radical (unpaired) electrons. The standard InChI is InChI=1S/C19H27NO5.ClH/c1-12(21)20-11-13-8-9-14(24-16(22)18(2,3)4)15(10-13)25-17(23)19(5,6)7;/h8-10H,11H2,1-7H3,(H,20,21);1H. The summed E-state index contributed by atoms with van der Waals surface area (Å²) < 4.78 is 10.8. The van der Waals surface area contributed by atoms with Gasteiger partial charge in [-0.25, -0.2) is 0 Å². The third kappa shape index (κ3) is 7.44. The Balaban J connectivity index is 0.00000625. The topological polar surface area (TPSA) is 81.7 Å². The summed E-state index contributed by atoms with van der Waals surface area (Å²) in [7, 11) is 0. The van der Waals surface area contributed by atoms with Crippen LogP contribution in [0, 0.1) is 10.8 Å². The van der Waals surface area contributed by atoms with Gasteiger partial charge in [-0.3, -0.25) is 14.4 Å². The van der Waals surface area contributed by atoms with Crippen LogP contribution in [0.15, 0.2) is 18.2 Å². The molecule has 0 atom stereocenters. The van der Waals surface area contributed by atoms with Crippen LogP contribution in [0.2, 0.25) is 0 Å². The fourth-order valence-electron chi connectivity index (χ4n) is 1.56. The molecule has 0 spiro atoms. The number of benzene rings is 1. The molecule has 0 aliphatic rings. The first-order valence-corrected chi connectivity index (χ1v) is 8.12. The van der Waals surface area contributed by atoms with Crippen molar-refractivity contribution in [3.8, 4) is 11.5 Å². The molecule has 1 aromatic rings. The molecule has 0 bridgehead atoms. The highest BCUT2D eigenvalue weighted by atomic mass is 35.5. The molecule has 1 rings (SSSR count). The molecule has 1 aromatic carbocycles. The van der Waals surface area contributed by atoms with Crippen LogP contribution >= 0.6 is 12.4 Å². The molecule has 1 amide bonds. The summed E-state index contributed by atoms with van der Waals surface area (Å²) in [6.45, 7) is 12.1. The predicted octanol–water partition coefficient (Wildman–Crippen LogP) is 3.65. The van der Waals surface area contributed by atoms with Crippen LogP contribution in [0.1, 0.15) is 54.0 Å². The lowest BCUT2D eigenvalue weighted by Crippen LogP contribution is -2.28. The minimum absolute atomic E-state index is 0. The van der Waals surface area contributed by atoms with Crippen LogP contribution in [-0.2, 0) is 20.9 Å². The molecular formula is C19H28ClNO5. The second-order valence-corrected chi connectivity index (χ2v) is 7.97. The van der Waals surface area contributed by atoms with Crippen LogP contribution in [-0.4, -0.2) is 17.8 Å². The van der Waals surface area contributed by atoms with E-state index in [1.807, 2.05) is 0 Å². The molecule has 0 heterocycles. The molecule has 0 aliphatic carbocycles. The third-order valence-corrected chi connectivity index (χ3v) is 3.18. The Morgan fingerprint density at radius 1 is 0.885 bits per heavy atom. The van der Waals surface area contributed by atoms with Crippen molar-refractivity contribution in [1.82, 2.24) is 5.32 Å². The van der Waals surface area contributed by atoms with Crippen molar-refractivity contribution in [2.75, 3.05) is 0 Å². The third-order valence-electron chi connectivity index (χ3n) is 3.18. The Labute approximate surface area is 161 Å². The molecule has 0 fully saturated rings. The summed E-state index contributed by atoms with van der Waals surface area (Å²) in [5.41, 5.74) is -0.679. The summed E-state index contributed by atoms with van der Waals surface area (Å²) in [5.74, 6) is -0.728. The van der Waals surface area contributed by atoms with Gasteiger partial charge in [0, 0.05) is 13.5 Å². The van der Waals surface area contributed by atoms with E-state index in [2.05, 4.69) is 5.32 Å². The van der Waals surface area contributed by atoms with E-state index in [-0.39, 0.29) is 36.4 Å². The maximum atomic E-state index is 12.2. The Hall–Kier alpha value is -2.08. The Morgan fingerprint density at radius 2 is 1.35 bits per heavy atom. The summed E-state index contributed by atoms with van der Waals surface area (Å²) in [6.07, 6.45) is 0. The normalized spacial score (nSPS) is 11.2. The SMILES string of the molecule is CC(=O)NCc1ccc(OC(=O)C(C)(C)C)c(OC(=O)C(C)(C)C)c1.Cl. The maximum absolute atomic E-state index is 12.2. The molecule has 0 aromatic heterocycles. The largest absolute Gasteiger partial charge is 0.422 e. The summed E-state index contributed by atoms with van der Waals surface area (Å²) in [4.78, 5) is 35.4. The average Bonchev–Trinajstić information content (AvgIpc) is 2.45. The molecule has 0 aliphatic heterocycles. The van der Waals surface area contributed by atoms with Crippen LogP contribution in [0.5, 0.6) is 11.5 Å². The molecule has 7 heteroatoms. The zero-order chi connectivity index (χ0) is 19.4. The van der Waals surface area contributed by atoms with Crippen LogP contribution in [0.25, 0.3) is 0 Å². The van der Waals surface area contributed by atoms with E-state index in [1.54, 1.807) is 59.7 Å². The first kappa shape index (κ1) is 23.9. The fourth-order valence-corrected chi connectivity index (χ4v) is 1.56. The Morgan fingerprint density at radius 3 is 1.77 bits per heavy atom. The second kappa shape index (κ2) is 9.03. The molecule has 146 valence electrons. The monoisotopic (exact) mass is 385 g/mol. The first-order valence-electron chi connectivity index (χ1n) is 8.12. The van der Waals surface area contributed by atoms with Crippen LogP contribution in [0.3, 0.4) is 0 Å². The van der Waals surface area contributed by atoms with E-state index < -0.39 is 22.8 Å². The van der Waals surface area contributed by atoms with Gasteiger partial charge in [0.1, 0.15) is 0 Å². The zero-order valence-electron chi connectivity index (χ0n) is 16.4. The lowest BCUT2D eigenvalue weighted by Gasteiger charge is -2.20. The van der Waals surface area contributed by atoms with E-state index >= 15 is 0 Å². The van der Waals surface area contributed by atoms with Crippen LogP contribution in [0.4, 0.5) is 0 Å². The summed E-state index contributed by atoms with van der Waals surface area (Å²) in [6, 6.07) is 4.85. The first-order chi connectivity index (χ1) is 11.3. The van der Waals surface area contributed by atoms with Gasteiger partial charge in [-0.2, -0.15) is 0 Å². The molecule has 0 saturated heterocycles. The van der Waals surface area contributed by atoms with E-state index in [0.717, 1.165) is 5.56 Å². The van der Waals surface area contributed by atoms with Gasteiger partial charge in [0.2, 0.25) is 5.91 Å². The van der Waals surface area contributed by atoms with Crippen LogP contribution < -0.4 is 14.8 Å². The van der Waals surface area contributed by atoms with Crippen molar-refractivity contribution in [1.29, 1.82) is 0 Å². The van der Waals surface area contributed by atoms with Crippen molar-refractivity contribution < 1.29 is 23.9 Å². The van der Waals surface area contributed by atoms with Gasteiger partial charge in [-0.05, 0) is 59.2 Å². The highest BCUT2D eigenvalue weighted by molar-refractivity contribution is 5.85. The number of hydrogen-bond acceptors (Lipinski definition) is 5. The van der Waals surface area contributed by atoms with Gasteiger partial charge in [-0.15, -0.1) is 12.4 Å². The van der Waals surface area contributed by atoms with E-state index in [4.69, 9.17) is 9.47 Å². The number of hydrogen-bond donors (Lipinski definition) is 1. The fraction of sp³-hybridized carbons (Fsp3) is 0.526. The lowest BCUT2D eigenvalue weighted by molar-refractivity contribution is -0.145. The van der Waals surface area contributed by atoms with Gasteiger partial charge in [-0.1, -0.05) is 6.07 Å². The van der Waals surface area contributed by atoms with Crippen molar-refractivity contribution in [2.24, 2.45) is 10.8 Å². The number of ether oxygens (including phenoxy) is 2. The number of rotatable bonds is 4. The van der Waals surface area contributed by atoms with Gasteiger partial charge in [0.05, 0.1) is 10.8 Å². The lowest BCUT2D eigenvalue weighted by atomic mass is 9.97. The van der Waals surface area contributed by atoms with Crippen molar-refractivity contribution >= 4 is 30.3 Å². The summed E-state index contributed by atoms with van der Waals surface area (Å²) >= 11 is 0. The molecular weight excluding hydrogens is 358 g/mol. The van der Waals surface area contributed by atoms with Crippen molar-refractivity contribution in [3.05, 3.63) is 23.8 Å². The van der Waals surface area contributed by atoms with Crippen molar-refractivity contribution in [2.45, 2.75) is 55.0 Å². The second-order valence-electron chi connectivity index (χ2n) is 7.97. The number of amides is 1. The molecule has 0 unspecified atom stereocenters. The van der Waals surface area contributed by atoms with Crippen molar-refractivity contribution in [3.63, 3.8) is 0 Å². The molecule has 6 nitrogen and oxygen atoms in total. The predicted molar refractivity (Wildman–Crippen MR) is 101 cm³/mol. The minimum Gasteiger partial charge on any atom is -0.422 e. The van der Waals surface area contributed by atoms with E-state index in [0.29, 0.717) is 0 Å². The molecule has 26 heavy (non-hydrogen) atoms. The average molecular weight is 386 g/mol. The Kier molecular flexibility index (Phi) is 8.31. The molecule has 0 saturated carbocycles. The minimum atomic E-state index is -0.709. The molecule has 1 N–H and O–H groups in total. The Bertz CT molecular complexity index is 671. The highest BCUT2D eigenvalue weighted by Gasteiger charge is 2.28. The number of carbonyl (C=O) groups is 3. The number of carbonyl (C=O) groups excluding carboxylic acids is 3.